The van der Waals surface area contributed by atoms with Crippen molar-refractivity contribution < 1.29 is 9.53 Å². The van der Waals surface area contributed by atoms with Crippen molar-refractivity contribution in [3.63, 3.8) is 0 Å². The molecule has 0 amide bonds. The summed E-state index contributed by atoms with van der Waals surface area (Å²) in [7, 11) is 1.35. The van der Waals surface area contributed by atoms with Crippen LogP contribution in [0.3, 0.4) is 0 Å². The molecule has 0 saturated heterocycles. The summed E-state index contributed by atoms with van der Waals surface area (Å²) in [6.07, 6.45) is 3.48. The molecule has 0 radical (unpaired) electrons. The number of esters is 1. The largest absolute Gasteiger partial charge is 0.468 e. The number of H-pyrrole nitrogens is 1. The van der Waals surface area contributed by atoms with Gasteiger partial charge >= 0.3 is 5.97 Å². The van der Waals surface area contributed by atoms with Crippen LogP contribution in [0.2, 0.25) is 0 Å². The van der Waals surface area contributed by atoms with E-state index in [9.17, 15) is 9.59 Å². The molecule has 3 rings (SSSR count). The standard InChI is InChI=1S/C14H15N5O3/c1-22-13(21)8-18(11-2-3-11)7-10-4-12(20)19-14(17-10)9(5-15)6-16-19/h4,6,11,16H,2-3,7-8H2,1H3. The van der Waals surface area contributed by atoms with Gasteiger partial charge in [0.25, 0.3) is 5.56 Å². The van der Waals surface area contributed by atoms with Crippen molar-refractivity contribution in [2.24, 2.45) is 0 Å². The van der Waals surface area contributed by atoms with Crippen LogP contribution in [-0.2, 0) is 16.1 Å². The number of nitriles is 1. The van der Waals surface area contributed by atoms with Crippen LogP contribution in [-0.4, -0.2) is 45.2 Å². The smallest absolute Gasteiger partial charge is 0.319 e. The summed E-state index contributed by atoms with van der Waals surface area (Å²) < 4.78 is 5.93. The number of methoxy groups -OCH3 is 1. The summed E-state index contributed by atoms with van der Waals surface area (Å²) in [5.74, 6) is -0.316. The molecule has 2 aromatic heterocycles. The zero-order valence-corrected chi connectivity index (χ0v) is 12.1. The fourth-order valence-corrected chi connectivity index (χ4v) is 2.38. The first-order valence-electron chi connectivity index (χ1n) is 6.93. The molecule has 0 atom stereocenters. The average molecular weight is 301 g/mol. The molecule has 0 unspecified atom stereocenters. The number of fused-ring (bicyclic) bond motifs is 1. The maximum absolute atomic E-state index is 12.0. The summed E-state index contributed by atoms with van der Waals surface area (Å²) in [6, 6.07) is 3.73. The summed E-state index contributed by atoms with van der Waals surface area (Å²) >= 11 is 0. The van der Waals surface area contributed by atoms with E-state index in [4.69, 9.17) is 10.00 Å². The Hall–Kier alpha value is -2.66. The first-order valence-corrected chi connectivity index (χ1v) is 6.93. The second-order valence-electron chi connectivity index (χ2n) is 5.26. The molecule has 0 aromatic carbocycles. The first-order chi connectivity index (χ1) is 10.6. The highest BCUT2D eigenvalue weighted by atomic mass is 16.5. The molecular weight excluding hydrogens is 286 g/mol. The number of rotatable bonds is 5. The number of hydrogen-bond donors (Lipinski definition) is 1. The Morgan fingerprint density at radius 1 is 1.64 bits per heavy atom. The van der Waals surface area contributed by atoms with E-state index in [2.05, 4.69) is 10.1 Å². The third-order valence-electron chi connectivity index (χ3n) is 3.66. The molecule has 22 heavy (non-hydrogen) atoms. The number of carbonyl (C=O) groups is 1. The molecule has 8 heteroatoms. The molecule has 0 aliphatic heterocycles. The first kappa shape index (κ1) is 14.3. The van der Waals surface area contributed by atoms with Gasteiger partial charge in [-0.15, -0.1) is 0 Å². The number of hydrogen-bond acceptors (Lipinski definition) is 6. The van der Waals surface area contributed by atoms with Crippen molar-refractivity contribution >= 4 is 11.6 Å². The van der Waals surface area contributed by atoms with Gasteiger partial charge in [0.15, 0.2) is 5.65 Å². The second kappa shape index (κ2) is 5.61. The highest BCUT2D eigenvalue weighted by molar-refractivity contribution is 5.71. The van der Waals surface area contributed by atoms with Gasteiger partial charge in [0, 0.05) is 24.8 Å². The molecule has 1 aliphatic carbocycles. The number of nitrogens with zero attached hydrogens (tertiary/aromatic N) is 4. The minimum atomic E-state index is -0.316. The van der Waals surface area contributed by atoms with Crippen LogP contribution in [0.1, 0.15) is 24.1 Å². The predicted octanol–water partition coefficient (Wildman–Crippen LogP) is 0.0317. The topological polar surface area (TPSA) is 103 Å². The number of carbonyl (C=O) groups excluding carboxylic acids is 1. The molecule has 8 nitrogen and oxygen atoms in total. The number of ether oxygens (including phenoxy) is 1. The molecule has 1 fully saturated rings. The zero-order chi connectivity index (χ0) is 15.7. The van der Waals surface area contributed by atoms with Crippen LogP contribution in [0.25, 0.3) is 5.65 Å². The van der Waals surface area contributed by atoms with Crippen LogP contribution < -0.4 is 5.56 Å². The minimum Gasteiger partial charge on any atom is -0.468 e. The lowest BCUT2D eigenvalue weighted by Crippen LogP contribution is -2.33. The van der Waals surface area contributed by atoms with Crippen LogP contribution in [0.5, 0.6) is 0 Å². The van der Waals surface area contributed by atoms with E-state index in [0.717, 1.165) is 12.8 Å². The molecule has 2 heterocycles. The fourth-order valence-electron chi connectivity index (χ4n) is 2.38. The van der Waals surface area contributed by atoms with Crippen molar-refractivity contribution in [3.8, 4) is 6.07 Å². The Kier molecular flexibility index (Phi) is 3.65. The molecule has 1 aliphatic rings. The van der Waals surface area contributed by atoms with E-state index < -0.39 is 0 Å². The van der Waals surface area contributed by atoms with Crippen LogP contribution in [0.15, 0.2) is 17.1 Å². The molecule has 1 N–H and O–H groups in total. The van der Waals surface area contributed by atoms with Gasteiger partial charge in [0.2, 0.25) is 0 Å². The van der Waals surface area contributed by atoms with Crippen molar-refractivity contribution in [2.45, 2.75) is 25.4 Å². The quantitative estimate of drug-likeness (QED) is 0.782. The summed E-state index contributed by atoms with van der Waals surface area (Å²) in [6.45, 7) is 0.544. The summed E-state index contributed by atoms with van der Waals surface area (Å²) in [5, 5.41) is 11.7. The van der Waals surface area contributed by atoms with E-state index >= 15 is 0 Å². The third kappa shape index (κ3) is 2.71. The lowest BCUT2D eigenvalue weighted by molar-refractivity contribution is -0.142. The summed E-state index contributed by atoms with van der Waals surface area (Å²) in [4.78, 5) is 29.8. The van der Waals surface area contributed by atoms with Gasteiger partial charge in [-0.1, -0.05) is 0 Å². The fraction of sp³-hybridized carbons (Fsp3) is 0.429. The summed E-state index contributed by atoms with van der Waals surface area (Å²) in [5.41, 5.74) is 0.871. The van der Waals surface area contributed by atoms with E-state index in [1.165, 1.54) is 23.9 Å². The van der Waals surface area contributed by atoms with Gasteiger partial charge in [0.1, 0.15) is 11.6 Å². The number of aromatic nitrogens is 3. The average Bonchev–Trinajstić information content (AvgIpc) is 3.27. The van der Waals surface area contributed by atoms with Gasteiger partial charge in [-0.25, -0.2) is 9.50 Å². The highest BCUT2D eigenvalue weighted by Crippen LogP contribution is 2.27. The molecule has 0 bridgehead atoms. The van der Waals surface area contributed by atoms with Crippen molar-refractivity contribution in [3.05, 3.63) is 33.9 Å². The Morgan fingerprint density at radius 2 is 2.41 bits per heavy atom. The third-order valence-corrected chi connectivity index (χ3v) is 3.66. The van der Waals surface area contributed by atoms with E-state index in [1.54, 1.807) is 0 Å². The monoisotopic (exact) mass is 301 g/mol. The lowest BCUT2D eigenvalue weighted by atomic mass is 10.3. The lowest BCUT2D eigenvalue weighted by Gasteiger charge is -2.19. The normalized spacial score (nSPS) is 14.2. The van der Waals surface area contributed by atoms with Crippen LogP contribution in [0.4, 0.5) is 0 Å². The number of aromatic amines is 1. The Morgan fingerprint density at radius 3 is 3.05 bits per heavy atom. The highest BCUT2D eigenvalue weighted by Gasteiger charge is 2.31. The molecule has 0 spiro atoms. The maximum atomic E-state index is 12.0. The Balaban J connectivity index is 1.90. The van der Waals surface area contributed by atoms with Crippen LogP contribution >= 0.6 is 0 Å². The Labute approximate surface area is 125 Å². The molecule has 114 valence electrons. The molecule has 1 saturated carbocycles. The Bertz CT molecular complexity index is 812. The zero-order valence-electron chi connectivity index (χ0n) is 12.1. The van der Waals surface area contributed by atoms with E-state index in [0.29, 0.717) is 29.5 Å². The maximum Gasteiger partial charge on any atom is 0.319 e. The van der Waals surface area contributed by atoms with Gasteiger partial charge in [-0.2, -0.15) is 5.26 Å². The van der Waals surface area contributed by atoms with Crippen molar-refractivity contribution in [2.75, 3.05) is 13.7 Å². The SMILES string of the molecule is COC(=O)CN(Cc1cc(=O)n2[nH]cc(C#N)c2n1)C1CC1. The van der Waals surface area contributed by atoms with Gasteiger partial charge in [-0.05, 0) is 12.8 Å². The van der Waals surface area contributed by atoms with Crippen molar-refractivity contribution in [1.29, 1.82) is 5.26 Å². The second-order valence-corrected chi connectivity index (χ2v) is 5.26. The molecule has 2 aromatic rings. The molecular formula is C14H15N5O3. The minimum absolute atomic E-state index is 0.167. The van der Waals surface area contributed by atoms with E-state index in [-0.39, 0.29) is 18.1 Å². The predicted molar refractivity (Wildman–Crippen MR) is 76.0 cm³/mol. The number of nitrogens with one attached hydrogen (secondary N) is 1. The van der Waals surface area contributed by atoms with Gasteiger partial charge in [0.05, 0.1) is 19.3 Å². The van der Waals surface area contributed by atoms with Gasteiger partial charge in [-0.3, -0.25) is 19.6 Å². The van der Waals surface area contributed by atoms with E-state index in [1.807, 2.05) is 11.0 Å². The van der Waals surface area contributed by atoms with Gasteiger partial charge < -0.3 is 4.74 Å². The van der Waals surface area contributed by atoms with Crippen LogP contribution in [0, 0.1) is 11.3 Å². The van der Waals surface area contributed by atoms with Crippen molar-refractivity contribution in [1.82, 2.24) is 19.5 Å².